The minimum absolute atomic E-state index is 1.26. The first kappa shape index (κ1) is 19.0. The van der Waals surface area contributed by atoms with E-state index in [0.717, 1.165) is 0 Å². The lowest BCUT2D eigenvalue weighted by atomic mass is 10.2. The average molecular weight is 272 g/mol. The molecule has 0 N–H and O–H groups in total. The van der Waals surface area contributed by atoms with Gasteiger partial charge in [-0.3, -0.25) is 0 Å². The van der Waals surface area contributed by atoms with Crippen LogP contribution in [-0.4, -0.2) is 19.8 Å². The number of hydrogen-bond acceptors (Lipinski definition) is 0. The van der Waals surface area contributed by atoms with Crippen molar-refractivity contribution >= 4 is 0 Å². The summed E-state index contributed by atoms with van der Waals surface area (Å²) in [7, 11) is 0. The third kappa shape index (κ3) is 14.2. The topological polar surface area (TPSA) is 2.70 Å². The highest BCUT2D eigenvalue weighted by Gasteiger charge is 2.08. The molecule has 0 atom stereocenters. The van der Waals surface area contributed by atoms with Crippen LogP contribution in [0.15, 0.2) is 0 Å². The average Bonchev–Trinajstić information content (AvgIpc) is 2.43. The molecule has 0 spiro atoms. The number of unbranched alkanes of at least 4 members (excludes halogenated alkanes) is 9. The fourth-order valence-electron chi connectivity index (χ4n) is 2.51. The Morgan fingerprint density at radius 1 is 0.421 bits per heavy atom. The van der Waals surface area contributed by atoms with Gasteiger partial charge in [-0.2, -0.15) is 0 Å². The van der Waals surface area contributed by atoms with Gasteiger partial charge < -0.3 is 4.37 Å². The van der Waals surface area contributed by atoms with E-state index in [1.165, 1.54) is 96.9 Å². The highest BCUT2D eigenvalue weighted by Crippen LogP contribution is 2.11. The van der Waals surface area contributed by atoms with Crippen molar-refractivity contribution in [3.05, 3.63) is 0 Å². The Kier molecular flexibility index (Phi) is 16.0. The smallest absolute Gasteiger partial charge is 0.145 e. The van der Waals surface area contributed by atoms with Crippen LogP contribution in [-0.2, 0) is 4.37 Å². The maximum Gasteiger partial charge on any atom is 0.145 e. The Bertz CT molecular complexity index is 127. The lowest BCUT2D eigenvalue weighted by Crippen LogP contribution is -2.18. The molecule has 0 aliphatic heterocycles. The molecule has 0 bridgehead atoms. The standard InChI is InChI=1S/C18H39O/c1-4-7-10-13-16-19(17-14-11-8-5-2)18-15-12-9-6-3/h4-18H2,1-3H3/q+1. The normalized spacial score (nSPS) is 11.4. The van der Waals surface area contributed by atoms with E-state index in [9.17, 15) is 0 Å². The van der Waals surface area contributed by atoms with Crippen LogP contribution in [0.5, 0.6) is 0 Å². The van der Waals surface area contributed by atoms with E-state index in [-0.39, 0.29) is 0 Å². The van der Waals surface area contributed by atoms with E-state index in [1.807, 2.05) is 0 Å². The molecule has 0 radical (unpaired) electrons. The van der Waals surface area contributed by atoms with Crippen molar-refractivity contribution in [2.75, 3.05) is 19.8 Å². The van der Waals surface area contributed by atoms with Crippen molar-refractivity contribution in [2.24, 2.45) is 0 Å². The summed E-state index contributed by atoms with van der Waals surface area (Å²) in [6.07, 6.45) is 16.6. The zero-order chi connectivity index (χ0) is 14.2. The molecule has 0 rings (SSSR count). The van der Waals surface area contributed by atoms with Gasteiger partial charge in [-0.15, -0.1) is 0 Å². The molecule has 0 unspecified atom stereocenters. The van der Waals surface area contributed by atoms with Crippen LogP contribution < -0.4 is 0 Å². The predicted octanol–water partition coefficient (Wildman–Crippen LogP) is 6.28. The van der Waals surface area contributed by atoms with Crippen molar-refractivity contribution in [3.8, 4) is 0 Å². The van der Waals surface area contributed by atoms with Crippen molar-refractivity contribution in [2.45, 2.75) is 97.8 Å². The van der Waals surface area contributed by atoms with Crippen LogP contribution in [0.25, 0.3) is 0 Å². The molecule has 0 saturated carbocycles. The molecular weight excluding hydrogens is 232 g/mol. The summed E-state index contributed by atoms with van der Waals surface area (Å²) in [5.74, 6) is 0. The third-order valence-corrected chi connectivity index (χ3v) is 3.86. The van der Waals surface area contributed by atoms with E-state index in [1.54, 1.807) is 0 Å². The lowest BCUT2D eigenvalue weighted by Gasteiger charge is -2.19. The van der Waals surface area contributed by atoms with Gasteiger partial charge in [0, 0.05) is 19.3 Å². The fraction of sp³-hybridized carbons (Fsp3) is 1.00. The largest absolute Gasteiger partial charge is 0.422 e. The molecule has 0 aromatic carbocycles. The summed E-state index contributed by atoms with van der Waals surface area (Å²) in [4.78, 5) is 0. The maximum atomic E-state index is 3.58. The molecule has 0 aliphatic rings. The van der Waals surface area contributed by atoms with Gasteiger partial charge in [-0.1, -0.05) is 59.3 Å². The fourth-order valence-corrected chi connectivity index (χ4v) is 2.51. The molecule has 116 valence electrons. The molecule has 0 fully saturated rings. The molecule has 0 aromatic heterocycles. The first-order valence-electron chi connectivity index (χ1n) is 8.99. The van der Waals surface area contributed by atoms with Crippen LogP contribution in [0.2, 0.25) is 0 Å². The number of rotatable bonds is 15. The molecule has 1 heteroatoms. The lowest BCUT2D eigenvalue weighted by molar-refractivity contribution is -0.143. The van der Waals surface area contributed by atoms with Crippen LogP contribution in [0.4, 0.5) is 0 Å². The molecule has 0 aromatic rings. The third-order valence-electron chi connectivity index (χ3n) is 3.86. The molecular formula is C18H39O+. The van der Waals surface area contributed by atoms with Crippen molar-refractivity contribution in [3.63, 3.8) is 0 Å². The van der Waals surface area contributed by atoms with Gasteiger partial charge in [-0.05, 0) is 19.3 Å². The Morgan fingerprint density at radius 3 is 1.00 bits per heavy atom. The second-order valence-corrected chi connectivity index (χ2v) is 5.91. The second-order valence-electron chi connectivity index (χ2n) is 5.91. The van der Waals surface area contributed by atoms with Gasteiger partial charge in [0.15, 0.2) is 0 Å². The monoisotopic (exact) mass is 271 g/mol. The van der Waals surface area contributed by atoms with E-state index in [2.05, 4.69) is 25.1 Å². The van der Waals surface area contributed by atoms with Crippen LogP contribution >= 0.6 is 0 Å². The van der Waals surface area contributed by atoms with E-state index in [4.69, 9.17) is 0 Å². The van der Waals surface area contributed by atoms with Crippen molar-refractivity contribution < 1.29 is 4.37 Å². The van der Waals surface area contributed by atoms with E-state index >= 15 is 0 Å². The summed E-state index contributed by atoms with van der Waals surface area (Å²) in [6.45, 7) is 10.7. The molecule has 0 amide bonds. The summed E-state index contributed by atoms with van der Waals surface area (Å²) >= 11 is 0. The van der Waals surface area contributed by atoms with Gasteiger partial charge in [0.1, 0.15) is 19.8 Å². The highest BCUT2D eigenvalue weighted by atomic mass is 16.7. The SMILES string of the molecule is CCCCCC[O+](CCCCCC)CCCCCC. The van der Waals surface area contributed by atoms with E-state index in [0.29, 0.717) is 0 Å². The summed E-state index contributed by atoms with van der Waals surface area (Å²) in [6, 6.07) is 0. The summed E-state index contributed by atoms with van der Waals surface area (Å²) in [5.41, 5.74) is 0. The summed E-state index contributed by atoms with van der Waals surface area (Å²) < 4.78 is 3.58. The quantitative estimate of drug-likeness (QED) is 0.243. The van der Waals surface area contributed by atoms with Gasteiger partial charge in [0.2, 0.25) is 0 Å². The van der Waals surface area contributed by atoms with Gasteiger partial charge in [-0.25, -0.2) is 0 Å². The molecule has 0 heterocycles. The van der Waals surface area contributed by atoms with Gasteiger partial charge in [0.05, 0.1) is 0 Å². The highest BCUT2D eigenvalue weighted by molar-refractivity contribution is 4.50. The van der Waals surface area contributed by atoms with Crippen molar-refractivity contribution in [1.82, 2.24) is 0 Å². The Labute approximate surface area is 122 Å². The predicted molar refractivity (Wildman–Crippen MR) is 88.1 cm³/mol. The number of hydrogen-bond donors (Lipinski definition) is 0. The Morgan fingerprint density at radius 2 is 0.737 bits per heavy atom. The van der Waals surface area contributed by atoms with Gasteiger partial charge >= 0.3 is 0 Å². The van der Waals surface area contributed by atoms with Crippen LogP contribution in [0, 0.1) is 0 Å². The minimum Gasteiger partial charge on any atom is -0.422 e. The minimum atomic E-state index is 1.26. The maximum absolute atomic E-state index is 3.58. The van der Waals surface area contributed by atoms with Gasteiger partial charge in [0.25, 0.3) is 0 Å². The Balaban J connectivity index is 3.66. The summed E-state index contributed by atoms with van der Waals surface area (Å²) in [5, 5.41) is 0. The zero-order valence-electron chi connectivity index (χ0n) is 14.0. The van der Waals surface area contributed by atoms with Crippen LogP contribution in [0.3, 0.4) is 0 Å². The van der Waals surface area contributed by atoms with E-state index < -0.39 is 0 Å². The molecule has 19 heavy (non-hydrogen) atoms. The Hall–Kier alpha value is -0.0400. The van der Waals surface area contributed by atoms with Crippen LogP contribution in [0.1, 0.15) is 97.8 Å². The molecule has 0 aliphatic carbocycles. The second kappa shape index (κ2) is 16.0. The van der Waals surface area contributed by atoms with Crippen molar-refractivity contribution in [1.29, 1.82) is 0 Å². The first-order valence-corrected chi connectivity index (χ1v) is 8.99. The first-order chi connectivity index (χ1) is 9.35. The zero-order valence-corrected chi connectivity index (χ0v) is 14.0. The molecule has 0 saturated heterocycles. The molecule has 1 nitrogen and oxygen atoms in total.